The Kier molecular flexibility index (Phi) is 5.11. The third-order valence-corrected chi connectivity index (χ3v) is 4.30. The van der Waals surface area contributed by atoms with E-state index >= 15 is 0 Å². The van der Waals surface area contributed by atoms with Crippen LogP contribution in [0.4, 0.5) is 0 Å². The summed E-state index contributed by atoms with van der Waals surface area (Å²) in [4.78, 5) is 0. The summed E-state index contributed by atoms with van der Waals surface area (Å²) in [6.45, 7) is 9.51. The molecule has 4 unspecified atom stereocenters. The lowest BCUT2D eigenvalue weighted by Gasteiger charge is -2.37. The van der Waals surface area contributed by atoms with Crippen LogP contribution in [0.15, 0.2) is 0 Å². The summed E-state index contributed by atoms with van der Waals surface area (Å²) in [7, 11) is 2.13. The van der Waals surface area contributed by atoms with E-state index in [0.717, 1.165) is 29.7 Å². The Morgan fingerprint density at radius 1 is 1.13 bits per heavy atom. The van der Waals surface area contributed by atoms with Crippen LogP contribution in [0.1, 0.15) is 53.4 Å². The molecule has 1 saturated carbocycles. The molecule has 1 fully saturated rings. The predicted molar refractivity (Wildman–Crippen MR) is 68.0 cm³/mol. The molecule has 0 aromatic heterocycles. The first-order valence-corrected chi connectivity index (χ1v) is 6.71. The van der Waals surface area contributed by atoms with Gasteiger partial charge in [-0.2, -0.15) is 0 Å². The van der Waals surface area contributed by atoms with Gasteiger partial charge in [0.2, 0.25) is 0 Å². The summed E-state index contributed by atoms with van der Waals surface area (Å²) in [6.07, 6.45) is 5.63. The molecule has 1 aliphatic rings. The van der Waals surface area contributed by atoms with E-state index < -0.39 is 0 Å². The highest BCUT2D eigenvalue weighted by Crippen LogP contribution is 2.36. The van der Waals surface area contributed by atoms with Crippen molar-refractivity contribution in [2.45, 2.75) is 59.4 Å². The van der Waals surface area contributed by atoms with Crippen LogP contribution in [-0.2, 0) is 0 Å². The van der Waals surface area contributed by atoms with E-state index in [1.807, 2.05) is 0 Å². The quantitative estimate of drug-likeness (QED) is 0.748. The standard InChI is InChI=1S/C14H29N/c1-10(2)8-14(15-5)13-7-6-11(3)12(4)9-13/h10-15H,6-9H2,1-5H3. The Balaban J connectivity index is 2.47. The van der Waals surface area contributed by atoms with Crippen molar-refractivity contribution in [3.05, 3.63) is 0 Å². The fourth-order valence-corrected chi connectivity index (χ4v) is 3.01. The second-order valence-corrected chi connectivity index (χ2v) is 6.05. The lowest BCUT2D eigenvalue weighted by molar-refractivity contribution is 0.163. The van der Waals surface area contributed by atoms with Crippen molar-refractivity contribution in [3.63, 3.8) is 0 Å². The molecule has 0 aromatic rings. The number of hydrogen-bond donors (Lipinski definition) is 1. The van der Waals surface area contributed by atoms with E-state index in [1.165, 1.54) is 25.7 Å². The Hall–Kier alpha value is -0.0400. The highest BCUT2D eigenvalue weighted by Gasteiger charge is 2.29. The van der Waals surface area contributed by atoms with Crippen LogP contribution in [0.3, 0.4) is 0 Å². The number of nitrogens with one attached hydrogen (secondary N) is 1. The molecule has 1 N–H and O–H groups in total. The van der Waals surface area contributed by atoms with Crippen molar-refractivity contribution in [3.8, 4) is 0 Å². The van der Waals surface area contributed by atoms with Gasteiger partial charge in [0.15, 0.2) is 0 Å². The molecule has 4 atom stereocenters. The van der Waals surface area contributed by atoms with Gasteiger partial charge >= 0.3 is 0 Å². The van der Waals surface area contributed by atoms with Gasteiger partial charge in [-0.05, 0) is 50.0 Å². The molecule has 0 aromatic carbocycles. The van der Waals surface area contributed by atoms with Crippen molar-refractivity contribution >= 4 is 0 Å². The topological polar surface area (TPSA) is 12.0 Å². The molecule has 0 heterocycles. The SMILES string of the molecule is CNC(CC(C)C)C1CCC(C)C(C)C1. The van der Waals surface area contributed by atoms with E-state index in [4.69, 9.17) is 0 Å². The molecule has 0 saturated heterocycles. The maximum absolute atomic E-state index is 3.54. The highest BCUT2D eigenvalue weighted by atomic mass is 14.9. The number of hydrogen-bond acceptors (Lipinski definition) is 1. The van der Waals surface area contributed by atoms with Gasteiger partial charge in [0.05, 0.1) is 0 Å². The molecule has 0 spiro atoms. The Morgan fingerprint density at radius 2 is 1.80 bits per heavy atom. The molecular weight excluding hydrogens is 182 g/mol. The molecular formula is C14H29N. The van der Waals surface area contributed by atoms with Crippen molar-refractivity contribution < 1.29 is 0 Å². The maximum atomic E-state index is 3.54. The Labute approximate surface area is 96.0 Å². The molecule has 0 aliphatic heterocycles. The van der Waals surface area contributed by atoms with Crippen molar-refractivity contribution in [2.24, 2.45) is 23.7 Å². The van der Waals surface area contributed by atoms with Crippen LogP contribution in [0, 0.1) is 23.7 Å². The zero-order valence-electron chi connectivity index (χ0n) is 11.2. The molecule has 1 heteroatoms. The first-order chi connectivity index (χ1) is 7.04. The minimum Gasteiger partial charge on any atom is -0.317 e. The number of rotatable bonds is 4. The molecule has 0 amide bonds. The first kappa shape index (κ1) is 13.0. The van der Waals surface area contributed by atoms with Gasteiger partial charge in [-0.3, -0.25) is 0 Å². The van der Waals surface area contributed by atoms with Crippen molar-refractivity contribution in [1.82, 2.24) is 5.32 Å². The largest absolute Gasteiger partial charge is 0.317 e. The van der Waals surface area contributed by atoms with Gasteiger partial charge < -0.3 is 5.32 Å². The third-order valence-electron chi connectivity index (χ3n) is 4.30. The van der Waals surface area contributed by atoms with Crippen LogP contribution < -0.4 is 5.32 Å². The monoisotopic (exact) mass is 211 g/mol. The Morgan fingerprint density at radius 3 is 2.27 bits per heavy atom. The second kappa shape index (κ2) is 5.89. The van der Waals surface area contributed by atoms with Crippen LogP contribution in [0.25, 0.3) is 0 Å². The summed E-state index contributed by atoms with van der Waals surface area (Å²) in [5.41, 5.74) is 0. The zero-order chi connectivity index (χ0) is 11.4. The fraction of sp³-hybridized carbons (Fsp3) is 1.00. The van der Waals surface area contributed by atoms with Crippen molar-refractivity contribution in [2.75, 3.05) is 7.05 Å². The van der Waals surface area contributed by atoms with Gasteiger partial charge in [-0.15, -0.1) is 0 Å². The second-order valence-electron chi connectivity index (χ2n) is 6.05. The fourth-order valence-electron chi connectivity index (χ4n) is 3.01. The van der Waals surface area contributed by atoms with E-state index in [-0.39, 0.29) is 0 Å². The van der Waals surface area contributed by atoms with Gasteiger partial charge in [0.1, 0.15) is 0 Å². The van der Waals surface area contributed by atoms with E-state index in [1.54, 1.807) is 0 Å². The average molecular weight is 211 g/mol. The highest BCUT2D eigenvalue weighted by molar-refractivity contribution is 4.83. The predicted octanol–water partition coefficient (Wildman–Crippen LogP) is 3.69. The van der Waals surface area contributed by atoms with E-state index in [9.17, 15) is 0 Å². The molecule has 0 radical (unpaired) electrons. The lowest BCUT2D eigenvalue weighted by Crippen LogP contribution is -2.38. The normalized spacial score (nSPS) is 34.4. The third kappa shape index (κ3) is 3.79. The zero-order valence-corrected chi connectivity index (χ0v) is 11.2. The molecule has 90 valence electrons. The van der Waals surface area contributed by atoms with Crippen LogP contribution in [0.5, 0.6) is 0 Å². The molecule has 1 aliphatic carbocycles. The van der Waals surface area contributed by atoms with Gasteiger partial charge in [-0.1, -0.05) is 34.1 Å². The van der Waals surface area contributed by atoms with Gasteiger partial charge in [-0.25, -0.2) is 0 Å². The molecule has 15 heavy (non-hydrogen) atoms. The average Bonchev–Trinajstić information content (AvgIpc) is 2.18. The molecule has 0 bridgehead atoms. The van der Waals surface area contributed by atoms with Crippen molar-refractivity contribution in [1.29, 1.82) is 0 Å². The lowest BCUT2D eigenvalue weighted by atomic mass is 9.72. The van der Waals surface area contributed by atoms with Crippen LogP contribution in [-0.4, -0.2) is 13.1 Å². The van der Waals surface area contributed by atoms with Crippen LogP contribution in [0.2, 0.25) is 0 Å². The van der Waals surface area contributed by atoms with E-state index in [0.29, 0.717) is 0 Å². The summed E-state index contributed by atoms with van der Waals surface area (Å²) in [6, 6.07) is 0.750. The summed E-state index contributed by atoms with van der Waals surface area (Å²) < 4.78 is 0. The smallest absolute Gasteiger partial charge is 0.00948 e. The molecule has 1 nitrogen and oxygen atoms in total. The van der Waals surface area contributed by atoms with E-state index in [2.05, 4.69) is 40.1 Å². The maximum Gasteiger partial charge on any atom is 0.00948 e. The minimum absolute atomic E-state index is 0.750. The van der Waals surface area contributed by atoms with Gasteiger partial charge in [0.25, 0.3) is 0 Å². The van der Waals surface area contributed by atoms with Crippen LogP contribution >= 0.6 is 0 Å². The summed E-state index contributed by atoms with van der Waals surface area (Å²) in [5, 5.41) is 3.54. The molecule has 1 rings (SSSR count). The Bertz CT molecular complexity index is 176. The summed E-state index contributed by atoms with van der Waals surface area (Å²) in [5.74, 6) is 3.60. The minimum atomic E-state index is 0.750. The summed E-state index contributed by atoms with van der Waals surface area (Å²) >= 11 is 0. The van der Waals surface area contributed by atoms with Gasteiger partial charge in [0, 0.05) is 6.04 Å². The first-order valence-electron chi connectivity index (χ1n) is 6.71.